The van der Waals surface area contributed by atoms with Crippen LogP contribution < -0.4 is 21.3 Å². The van der Waals surface area contributed by atoms with Crippen molar-refractivity contribution in [2.75, 3.05) is 10.6 Å². The molecule has 0 saturated carbocycles. The molecule has 4 N–H and O–H groups in total. The van der Waals surface area contributed by atoms with Crippen molar-refractivity contribution >= 4 is 58.3 Å². The van der Waals surface area contributed by atoms with E-state index < -0.39 is 23.9 Å². The van der Waals surface area contributed by atoms with Crippen LogP contribution in [0.5, 0.6) is 0 Å². The number of nitrogens with zero attached hydrogens (tertiary/aromatic N) is 5. The number of carbonyl (C=O) groups excluding carboxylic acids is 4. The Kier molecular flexibility index (Phi) is 6.33. The number of pyridine rings is 1. The van der Waals surface area contributed by atoms with E-state index in [9.17, 15) is 19.2 Å². The third-order valence-corrected chi connectivity index (χ3v) is 5.08. The zero-order valence-corrected chi connectivity index (χ0v) is 17.1. The zero-order chi connectivity index (χ0) is 21.7. The van der Waals surface area contributed by atoms with Gasteiger partial charge in [-0.25, -0.2) is 9.59 Å². The van der Waals surface area contributed by atoms with E-state index in [1.807, 2.05) is 0 Å². The molecule has 0 atom stereocenters. The van der Waals surface area contributed by atoms with Crippen molar-refractivity contribution < 1.29 is 19.2 Å². The van der Waals surface area contributed by atoms with Crippen molar-refractivity contribution in [3.05, 3.63) is 39.6 Å². The topological polar surface area (TPSA) is 181 Å². The Morgan fingerprint density at radius 3 is 1.57 bits per heavy atom. The fraction of sp³-hybridized carbons (Fsp3) is 0.133. The minimum Gasteiger partial charge on any atom is -0.306 e. The van der Waals surface area contributed by atoms with Gasteiger partial charge in [-0.05, 0) is 43.0 Å². The molecule has 0 radical (unpaired) electrons. The number of anilines is 2. The molecule has 0 aliphatic heterocycles. The number of imide groups is 2. The number of rotatable bonds is 4. The Morgan fingerprint density at radius 2 is 1.20 bits per heavy atom. The molecular formula is C15H13N9O4S2. The number of aryl methyl sites for hydroxylation is 2. The smallest absolute Gasteiger partial charge is 0.306 e. The fourth-order valence-electron chi connectivity index (χ4n) is 2.10. The minimum atomic E-state index is -0.806. The van der Waals surface area contributed by atoms with Gasteiger partial charge in [-0.3, -0.25) is 25.2 Å². The Balaban J connectivity index is 1.56. The molecule has 13 nitrogen and oxygen atoms in total. The monoisotopic (exact) mass is 447 g/mol. The van der Waals surface area contributed by atoms with Gasteiger partial charge in [0.1, 0.15) is 9.75 Å². The van der Waals surface area contributed by atoms with Crippen molar-refractivity contribution in [1.82, 2.24) is 34.8 Å². The summed E-state index contributed by atoms with van der Waals surface area (Å²) < 4.78 is 7.25. The van der Waals surface area contributed by atoms with E-state index in [0.29, 0.717) is 11.4 Å². The van der Waals surface area contributed by atoms with Crippen molar-refractivity contribution in [2.24, 2.45) is 0 Å². The summed E-state index contributed by atoms with van der Waals surface area (Å²) in [5.74, 6) is -1.29. The summed E-state index contributed by atoms with van der Waals surface area (Å²) in [6.45, 7) is 3.19. The van der Waals surface area contributed by atoms with Crippen LogP contribution in [0.3, 0.4) is 0 Å². The fourth-order valence-corrected chi connectivity index (χ4v) is 3.20. The number of amides is 6. The molecule has 3 heterocycles. The number of urea groups is 2. The van der Waals surface area contributed by atoms with E-state index in [-0.39, 0.29) is 21.1 Å². The molecule has 15 heteroatoms. The normalized spacial score (nSPS) is 10.2. The molecule has 3 aromatic rings. The molecule has 3 aromatic heterocycles. The van der Waals surface area contributed by atoms with Crippen molar-refractivity contribution in [3.8, 4) is 0 Å². The average molecular weight is 447 g/mol. The van der Waals surface area contributed by atoms with Crippen LogP contribution in [0.4, 0.5) is 21.0 Å². The predicted molar refractivity (Wildman–Crippen MR) is 106 cm³/mol. The first kappa shape index (κ1) is 20.9. The highest BCUT2D eigenvalue weighted by Gasteiger charge is 2.17. The second-order valence-corrected chi connectivity index (χ2v) is 7.16. The third kappa shape index (κ3) is 5.15. The first-order valence-corrected chi connectivity index (χ1v) is 9.65. The lowest BCUT2D eigenvalue weighted by molar-refractivity contribution is 0.0960. The van der Waals surface area contributed by atoms with Crippen LogP contribution in [0.25, 0.3) is 0 Å². The SMILES string of the molecule is Cc1nnsc1C(=O)NC(=O)Nc1cncc(NC(=O)NC(=O)c2snnc2C)c1. The first-order chi connectivity index (χ1) is 14.3. The van der Waals surface area contributed by atoms with E-state index in [1.54, 1.807) is 13.8 Å². The van der Waals surface area contributed by atoms with E-state index in [4.69, 9.17) is 0 Å². The molecule has 30 heavy (non-hydrogen) atoms. The summed E-state index contributed by atoms with van der Waals surface area (Å²) in [7, 11) is 0. The average Bonchev–Trinajstić information content (AvgIpc) is 3.29. The van der Waals surface area contributed by atoms with E-state index >= 15 is 0 Å². The van der Waals surface area contributed by atoms with Crippen LogP contribution in [0.2, 0.25) is 0 Å². The second-order valence-electron chi connectivity index (χ2n) is 5.65. The first-order valence-electron chi connectivity index (χ1n) is 8.11. The third-order valence-electron chi connectivity index (χ3n) is 3.42. The maximum Gasteiger partial charge on any atom is 0.326 e. The summed E-state index contributed by atoms with van der Waals surface area (Å²) >= 11 is 1.73. The van der Waals surface area contributed by atoms with Crippen LogP contribution in [-0.4, -0.2) is 48.0 Å². The van der Waals surface area contributed by atoms with Gasteiger partial charge in [0.2, 0.25) is 0 Å². The Hall–Kier alpha value is -3.85. The van der Waals surface area contributed by atoms with Gasteiger partial charge in [0, 0.05) is 0 Å². The highest BCUT2D eigenvalue weighted by molar-refractivity contribution is 7.08. The molecule has 3 rings (SSSR count). The van der Waals surface area contributed by atoms with Crippen LogP contribution in [0, 0.1) is 13.8 Å². The number of hydrogen-bond donors (Lipinski definition) is 4. The van der Waals surface area contributed by atoms with Crippen molar-refractivity contribution in [3.63, 3.8) is 0 Å². The lowest BCUT2D eigenvalue weighted by Crippen LogP contribution is -2.35. The number of aromatic nitrogens is 5. The Morgan fingerprint density at radius 1 is 0.767 bits per heavy atom. The summed E-state index contributed by atoms with van der Waals surface area (Å²) in [4.78, 5) is 52.3. The standard InChI is InChI=1S/C15H13N9O4S2/c1-6-10(29-23-21-6)12(25)19-14(27)17-8-3-9(5-16-4-8)18-15(28)20-13(26)11-7(2)22-24-30-11/h3-5H,1-2H3,(H2,17,19,25,27)(H2,18,20,26,28). The number of nitrogens with one attached hydrogen (secondary N) is 4. The van der Waals surface area contributed by atoms with Gasteiger partial charge in [-0.15, -0.1) is 10.2 Å². The van der Waals surface area contributed by atoms with Crippen LogP contribution >= 0.6 is 23.1 Å². The van der Waals surface area contributed by atoms with Crippen molar-refractivity contribution in [2.45, 2.75) is 13.8 Å². The van der Waals surface area contributed by atoms with Crippen LogP contribution in [0.15, 0.2) is 18.5 Å². The molecule has 0 aromatic carbocycles. The highest BCUT2D eigenvalue weighted by atomic mass is 32.1. The molecule has 0 aliphatic rings. The van der Waals surface area contributed by atoms with E-state index in [0.717, 1.165) is 23.1 Å². The van der Waals surface area contributed by atoms with Gasteiger partial charge in [0.15, 0.2) is 0 Å². The molecule has 0 fully saturated rings. The largest absolute Gasteiger partial charge is 0.326 e. The van der Waals surface area contributed by atoms with Crippen LogP contribution in [-0.2, 0) is 0 Å². The maximum atomic E-state index is 12.0. The molecule has 0 saturated heterocycles. The predicted octanol–water partition coefficient (Wildman–Crippen LogP) is 1.33. The van der Waals surface area contributed by atoms with E-state index in [1.165, 1.54) is 18.5 Å². The van der Waals surface area contributed by atoms with Gasteiger partial charge in [0.25, 0.3) is 11.8 Å². The second kappa shape index (κ2) is 9.10. The van der Waals surface area contributed by atoms with Gasteiger partial charge in [-0.2, -0.15) is 0 Å². The van der Waals surface area contributed by atoms with Gasteiger partial charge < -0.3 is 10.6 Å². The van der Waals surface area contributed by atoms with Gasteiger partial charge in [0.05, 0.1) is 35.2 Å². The Labute approximate surface area is 176 Å². The summed E-state index contributed by atoms with van der Waals surface area (Å²) in [6, 6.07) is -0.223. The summed E-state index contributed by atoms with van der Waals surface area (Å²) in [6.07, 6.45) is 2.62. The van der Waals surface area contributed by atoms with Crippen molar-refractivity contribution in [1.29, 1.82) is 0 Å². The van der Waals surface area contributed by atoms with Crippen LogP contribution in [0.1, 0.15) is 30.7 Å². The molecule has 0 aliphatic carbocycles. The summed E-state index contributed by atoms with van der Waals surface area (Å²) in [5, 5.41) is 16.5. The molecule has 0 unspecified atom stereocenters. The number of carbonyl (C=O) groups is 4. The molecule has 6 amide bonds. The lowest BCUT2D eigenvalue weighted by atomic mass is 10.3. The van der Waals surface area contributed by atoms with Gasteiger partial charge >= 0.3 is 12.1 Å². The Bertz CT molecular complexity index is 1040. The molecule has 0 spiro atoms. The minimum absolute atomic E-state index is 0.200. The van der Waals surface area contributed by atoms with E-state index in [2.05, 4.69) is 45.4 Å². The lowest BCUT2D eigenvalue weighted by Gasteiger charge is -2.09. The summed E-state index contributed by atoms with van der Waals surface area (Å²) in [5.41, 5.74) is 1.21. The quantitative estimate of drug-likeness (QED) is 0.458. The zero-order valence-electron chi connectivity index (χ0n) is 15.4. The molecule has 154 valence electrons. The maximum absolute atomic E-state index is 12.0. The number of hydrogen-bond acceptors (Lipinski definition) is 11. The highest BCUT2D eigenvalue weighted by Crippen LogP contribution is 2.14. The molecular weight excluding hydrogens is 434 g/mol. The molecule has 0 bridgehead atoms. The van der Waals surface area contributed by atoms with Gasteiger partial charge in [-0.1, -0.05) is 8.98 Å².